The number of aliphatic hydroxyl groups excluding tert-OH is 2. The topological polar surface area (TPSA) is 203 Å². The average Bonchev–Trinajstić information content (AvgIpc) is 3.35. The number of hydrogen-bond acceptors (Lipinski definition) is 10. The molecule has 3 aromatic heterocycles. The number of anilines is 1. The number of nitrogen functional groups attached to an aromatic ring is 1. The number of rotatable bonds is 5. The zero-order chi connectivity index (χ0) is 19.8. The molecule has 28 heavy (non-hydrogen) atoms. The second-order valence-electron chi connectivity index (χ2n) is 6.19. The maximum Gasteiger partial charge on any atom is 0.333 e. The summed E-state index contributed by atoms with van der Waals surface area (Å²) in [5, 5.41) is 32.8. The van der Waals surface area contributed by atoms with Gasteiger partial charge in [-0.2, -0.15) is 10.2 Å². The van der Waals surface area contributed by atoms with Crippen molar-refractivity contribution in [3.63, 3.8) is 0 Å². The van der Waals surface area contributed by atoms with Gasteiger partial charge < -0.3 is 20.7 Å². The lowest BCUT2D eigenvalue weighted by atomic mass is 10.2. The molecule has 4 rings (SSSR count). The molecule has 148 valence electrons. The van der Waals surface area contributed by atoms with Gasteiger partial charge in [-0.05, 0) is 11.3 Å². The highest BCUT2D eigenvalue weighted by atomic mass is 16.5. The Balaban J connectivity index is 1.83. The number of aromatic amines is 2. The Hall–Kier alpha value is -3.36. The number of ether oxygens (including phenoxy) is 1. The van der Waals surface area contributed by atoms with E-state index in [1.165, 1.54) is 10.6 Å². The summed E-state index contributed by atoms with van der Waals surface area (Å²) in [5.41, 5.74) is 4.34. The van der Waals surface area contributed by atoms with Crippen LogP contribution in [-0.4, -0.2) is 68.8 Å². The molecule has 3 atom stereocenters. The van der Waals surface area contributed by atoms with Crippen LogP contribution >= 0.6 is 0 Å². The Bertz CT molecular complexity index is 1130. The van der Waals surface area contributed by atoms with Crippen molar-refractivity contribution >= 4 is 23.2 Å². The summed E-state index contributed by atoms with van der Waals surface area (Å²) in [6.07, 6.45) is 0.406. The van der Waals surface area contributed by atoms with Crippen LogP contribution in [0.5, 0.6) is 0 Å². The van der Waals surface area contributed by atoms with E-state index in [1.54, 1.807) is 6.08 Å². The normalized spacial score (nSPS) is 22.6. The van der Waals surface area contributed by atoms with Gasteiger partial charge in [0, 0.05) is 13.0 Å². The minimum absolute atomic E-state index is 0.00219. The van der Waals surface area contributed by atoms with E-state index in [-0.39, 0.29) is 36.7 Å². The van der Waals surface area contributed by atoms with Crippen LogP contribution < -0.4 is 17.0 Å². The molecule has 6 N–H and O–H groups in total. The minimum Gasteiger partial charge on any atom is -0.394 e. The number of aliphatic hydroxyl groups is 2. The molecule has 3 aromatic rings. The van der Waals surface area contributed by atoms with Gasteiger partial charge in [0.2, 0.25) is 5.95 Å². The number of imidazole rings is 1. The van der Waals surface area contributed by atoms with Crippen LogP contribution in [0.15, 0.2) is 15.7 Å². The van der Waals surface area contributed by atoms with Gasteiger partial charge in [0.15, 0.2) is 23.2 Å². The largest absolute Gasteiger partial charge is 0.394 e. The third-order valence-corrected chi connectivity index (χ3v) is 4.37. The van der Waals surface area contributed by atoms with Crippen LogP contribution in [0.25, 0.3) is 17.2 Å². The second kappa shape index (κ2) is 6.99. The molecule has 1 aliphatic rings. The van der Waals surface area contributed by atoms with E-state index in [1.807, 2.05) is 0 Å². The van der Waals surface area contributed by atoms with Gasteiger partial charge in [-0.1, -0.05) is 6.08 Å². The Kier molecular flexibility index (Phi) is 4.50. The lowest BCUT2D eigenvalue weighted by Gasteiger charge is -2.15. The van der Waals surface area contributed by atoms with E-state index in [0.29, 0.717) is 5.82 Å². The van der Waals surface area contributed by atoms with Crippen LogP contribution in [-0.2, 0) is 11.3 Å². The van der Waals surface area contributed by atoms with Crippen molar-refractivity contribution in [3.05, 3.63) is 32.7 Å². The standard InChI is InChI=1S/C14H17N9O5/c15-13-16-10-9(11(26)17-13)22(3-1-2-8-18-20-21-19-8)14(27)23(10)12-7(25)4-6(5-24)28-12/h1-2,6-7,12,24-25H,3-5H2,(H3,15,16,17,26)(H,18,19,20,21)/b2-1+/t6-,7+,12+/m0/s1. The first-order valence-electron chi connectivity index (χ1n) is 8.34. The van der Waals surface area contributed by atoms with Crippen molar-refractivity contribution < 1.29 is 14.9 Å². The van der Waals surface area contributed by atoms with Gasteiger partial charge in [0.25, 0.3) is 5.56 Å². The first kappa shape index (κ1) is 18.0. The zero-order valence-corrected chi connectivity index (χ0v) is 14.4. The zero-order valence-electron chi connectivity index (χ0n) is 14.4. The fourth-order valence-electron chi connectivity index (χ4n) is 3.18. The predicted octanol–water partition coefficient (Wildman–Crippen LogP) is -2.66. The first-order chi connectivity index (χ1) is 13.5. The number of allylic oxidation sites excluding steroid dienone is 1. The Labute approximate surface area is 155 Å². The summed E-state index contributed by atoms with van der Waals surface area (Å²) < 4.78 is 7.80. The van der Waals surface area contributed by atoms with E-state index >= 15 is 0 Å². The number of aromatic nitrogens is 8. The summed E-state index contributed by atoms with van der Waals surface area (Å²) in [6, 6.07) is 0. The van der Waals surface area contributed by atoms with Gasteiger partial charge in [0.1, 0.15) is 6.10 Å². The monoisotopic (exact) mass is 391 g/mol. The van der Waals surface area contributed by atoms with Crippen molar-refractivity contribution in [2.75, 3.05) is 12.3 Å². The van der Waals surface area contributed by atoms with E-state index in [9.17, 15) is 19.8 Å². The molecule has 0 amide bonds. The van der Waals surface area contributed by atoms with Gasteiger partial charge >= 0.3 is 5.69 Å². The van der Waals surface area contributed by atoms with Crippen LogP contribution in [0.3, 0.4) is 0 Å². The van der Waals surface area contributed by atoms with Crippen molar-refractivity contribution in [2.24, 2.45) is 0 Å². The van der Waals surface area contributed by atoms with E-state index in [4.69, 9.17) is 10.5 Å². The minimum atomic E-state index is -1.11. The highest BCUT2D eigenvalue weighted by molar-refractivity contribution is 5.72. The summed E-state index contributed by atoms with van der Waals surface area (Å²) >= 11 is 0. The van der Waals surface area contributed by atoms with Crippen LogP contribution in [0, 0.1) is 0 Å². The molecule has 0 aromatic carbocycles. The highest BCUT2D eigenvalue weighted by Gasteiger charge is 2.38. The second-order valence-corrected chi connectivity index (χ2v) is 6.19. The Morgan fingerprint density at radius 3 is 2.89 bits per heavy atom. The quantitative estimate of drug-likeness (QED) is 0.305. The molecular weight excluding hydrogens is 374 g/mol. The van der Waals surface area contributed by atoms with Gasteiger partial charge in [-0.15, -0.1) is 10.2 Å². The molecule has 4 heterocycles. The number of nitrogens with two attached hydrogens (primary N) is 1. The van der Waals surface area contributed by atoms with Crippen molar-refractivity contribution in [3.8, 4) is 0 Å². The lowest BCUT2D eigenvalue weighted by Crippen LogP contribution is -2.32. The Morgan fingerprint density at radius 2 is 2.21 bits per heavy atom. The van der Waals surface area contributed by atoms with Gasteiger partial charge in [0.05, 0.1) is 12.7 Å². The molecule has 1 fully saturated rings. The number of tetrazole rings is 1. The van der Waals surface area contributed by atoms with Crippen LogP contribution in [0.4, 0.5) is 5.95 Å². The SMILES string of the molecule is Nc1nc2c(c(=O)[nH]1)n(C/C=C/c1nn[nH]n1)c(=O)n2[C@@H]1O[C@H](CO)C[C@H]1O. The molecule has 0 spiro atoms. The number of nitrogens with zero attached hydrogens (tertiary/aromatic N) is 6. The molecule has 0 bridgehead atoms. The van der Waals surface area contributed by atoms with Crippen molar-refractivity contribution in [1.29, 1.82) is 0 Å². The molecular formula is C14H17N9O5. The molecule has 1 aliphatic heterocycles. The summed E-state index contributed by atoms with van der Waals surface area (Å²) in [7, 11) is 0. The number of fused-ring (bicyclic) bond motifs is 1. The molecule has 0 saturated carbocycles. The summed E-state index contributed by atoms with van der Waals surface area (Å²) in [4.78, 5) is 31.9. The maximum atomic E-state index is 13.0. The van der Waals surface area contributed by atoms with Crippen LogP contribution in [0.1, 0.15) is 18.5 Å². The fourth-order valence-corrected chi connectivity index (χ4v) is 3.18. The Morgan fingerprint density at radius 1 is 1.39 bits per heavy atom. The molecule has 0 radical (unpaired) electrons. The predicted molar refractivity (Wildman–Crippen MR) is 93.9 cm³/mol. The van der Waals surface area contributed by atoms with Crippen LogP contribution in [0.2, 0.25) is 0 Å². The third-order valence-electron chi connectivity index (χ3n) is 4.37. The number of hydrogen-bond donors (Lipinski definition) is 5. The van der Waals surface area contributed by atoms with Gasteiger partial charge in [-0.25, -0.2) is 9.36 Å². The smallest absolute Gasteiger partial charge is 0.333 e. The number of H-pyrrole nitrogens is 2. The molecule has 14 heteroatoms. The van der Waals surface area contributed by atoms with Gasteiger partial charge in [-0.3, -0.25) is 14.3 Å². The van der Waals surface area contributed by atoms with E-state index in [0.717, 1.165) is 4.57 Å². The molecule has 0 aliphatic carbocycles. The fraction of sp³-hybridized carbons (Fsp3) is 0.429. The van der Waals surface area contributed by atoms with E-state index in [2.05, 4.69) is 30.6 Å². The summed E-state index contributed by atoms with van der Waals surface area (Å²) in [5.74, 6) is 0.116. The average molecular weight is 391 g/mol. The third kappa shape index (κ3) is 2.98. The van der Waals surface area contributed by atoms with E-state index < -0.39 is 29.7 Å². The van der Waals surface area contributed by atoms with Crippen molar-refractivity contribution in [2.45, 2.75) is 31.4 Å². The molecule has 0 unspecified atom stereocenters. The maximum absolute atomic E-state index is 13.0. The first-order valence-corrected chi connectivity index (χ1v) is 8.34. The number of nitrogens with one attached hydrogen (secondary N) is 2. The lowest BCUT2D eigenvalue weighted by molar-refractivity contribution is -0.0505. The van der Waals surface area contributed by atoms with Crippen molar-refractivity contribution in [1.82, 2.24) is 39.7 Å². The summed E-state index contributed by atoms with van der Waals surface area (Å²) in [6.45, 7) is -0.317. The molecule has 14 nitrogen and oxygen atoms in total. The molecule has 1 saturated heterocycles. The highest BCUT2D eigenvalue weighted by Crippen LogP contribution is 2.29.